The largest absolute Gasteiger partial charge is 0.262 e. The van der Waals surface area contributed by atoms with Gasteiger partial charge in [0.05, 0.1) is 5.52 Å². The van der Waals surface area contributed by atoms with Gasteiger partial charge in [-0.25, -0.2) is 15.0 Å². The van der Waals surface area contributed by atoms with Crippen LogP contribution < -0.4 is 0 Å². The first-order valence-electron chi connectivity index (χ1n) is 15.3. The molecule has 5 heteroatoms. The summed E-state index contributed by atoms with van der Waals surface area (Å²) >= 11 is 1.83. The van der Waals surface area contributed by atoms with E-state index in [1.54, 1.807) is 12.4 Å². The number of rotatable bonds is 2. The molecule has 0 spiro atoms. The minimum atomic E-state index is 0.613. The van der Waals surface area contributed by atoms with Gasteiger partial charge in [0.25, 0.3) is 0 Å². The molecule has 0 aliphatic carbocycles. The normalized spacial score (nSPS) is 12.9. The van der Waals surface area contributed by atoms with Crippen LogP contribution in [0.25, 0.3) is 73.4 Å². The van der Waals surface area contributed by atoms with E-state index in [1.807, 2.05) is 34.7 Å². The highest BCUT2D eigenvalue weighted by molar-refractivity contribution is 7.99. The van der Waals surface area contributed by atoms with Crippen molar-refractivity contribution in [3.63, 3.8) is 0 Å². The molecule has 1 aliphatic heterocycles. The molecular weight excluding hydrogens is 581 g/mol. The van der Waals surface area contributed by atoms with Gasteiger partial charge in [-0.3, -0.25) is 4.57 Å². The standard InChI is InChI=1S/C41H26N4S/c1-2-10-31-27(9-1)16-17-28-18-19-29(25-35(28)33-12-4-6-15-39(33)46-38-14-5-3-11-32(31)38)30-20-21-37-36(26-30)34-13-7-22-42-40(34)45(37)41-43-23-8-24-44-41/h1-26H/b17-16-. The van der Waals surface area contributed by atoms with Gasteiger partial charge in [0.15, 0.2) is 0 Å². The van der Waals surface area contributed by atoms with Gasteiger partial charge in [0, 0.05) is 39.2 Å². The van der Waals surface area contributed by atoms with Crippen LogP contribution in [0.5, 0.6) is 0 Å². The summed E-state index contributed by atoms with van der Waals surface area (Å²) in [4.78, 5) is 16.3. The number of nitrogens with zero attached hydrogens (tertiary/aromatic N) is 4. The van der Waals surface area contributed by atoms with E-state index < -0.39 is 0 Å². The molecule has 4 nitrogen and oxygen atoms in total. The number of pyridine rings is 1. The maximum absolute atomic E-state index is 4.73. The van der Waals surface area contributed by atoms with Gasteiger partial charge in [-0.1, -0.05) is 103 Å². The van der Waals surface area contributed by atoms with Crippen molar-refractivity contribution in [3.8, 4) is 39.3 Å². The van der Waals surface area contributed by atoms with Crippen molar-refractivity contribution in [3.05, 3.63) is 157 Å². The van der Waals surface area contributed by atoms with Crippen LogP contribution >= 0.6 is 11.8 Å². The van der Waals surface area contributed by atoms with Gasteiger partial charge in [-0.05, 0) is 93.0 Å². The van der Waals surface area contributed by atoms with Gasteiger partial charge in [0.1, 0.15) is 5.65 Å². The SMILES string of the molecule is C1=C\c2ccc(-c3ccc4c(c3)c3cccnc3n4-c3ncccn3)cc2-c2ccccc2Sc2ccccc2-c2ccccc2/1. The Morgan fingerprint density at radius 1 is 0.457 bits per heavy atom. The number of benzene rings is 5. The average molecular weight is 607 g/mol. The molecule has 0 bridgehead atoms. The lowest BCUT2D eigenvalue weighted by atomic mass is 9.93. The third-order valence-corrected chi connectivity index (χ3v) is 9.79. The van der Waals surface area contributed by atoms with Crippen LogP contribution in [0.3, 0.4) is 0 Å². The molecule has 0 amide bonds. The first-order valence-corrected chi connectivity index (χ1v) is 16.1. The Bertz CT molecular complexity index is 2460. The molecule has 5 aromatic carbocycles. The molecule has 0 saturated heterocycles. The van der Waals surface area contributed by atoms with Crippen LogP contribution in [0.2, 0.25) is 0 Å². The quantitative estimate of drug-likeness (QED) is 0.196. The first kappa shape index (κ1) is 26.6. The van der Waals surface area contributed by atoms with Crippen LogP contribution in [-0.2, 0) is 0 Å². The highest BCUT2D eigenvalue weighted by Gasteiger charge is 2.18. The van der Waals surface area contributed by atoms with Crippen LogP contribution in [0.1, 0.15) is 11.1 Å². The molecule has 0 fully saturated rings. The molecule has 4 heterocycles. The Hall–Kier alpha value is -5.78. The summed E-state index contributed by atoms with van der Waals surface area (Å²) in [5.74, 6) is 0.613. The molecule has 216 valence electrons. The van der Waals surface area contributed by atoms with E-state index in [9.17, 15) is 0 Å². The second kappa shape index (κ2) is 11.0. The molecule has 0 saturated carbocycles. The van der Waals surface area contributed by atoms with E-state index in [2.05, 4.69) is 137 Å². The molecule has 3 aromatic heterocycles. The van der Waals surface area contributed by atoms with E-state index in [0.29, 0.717) is 5.95 Å². The van der Waals surface area contributed by atoms with Crippen molar-refractivity contribution >= 4 is 45.9 Å². The molecule has 46 heavy (non-hydrogen) atoms. The lowest BCUT2D eigenvalue weighted by Crippen LogP contribution is -2.00. The van der Waals surface area contributed by atoms with Gasteiger partial charge < -0.3 is 0 Å². The molecule has 1 aliphatic rings. The van der Waals surface area contributed by atoms with Crippen molar-refractivity contribution in [2.24, 2.45) is 0 Å². The maximum atomic E-state index is 4.73. The first-order chi connectivity index (χ1) is 22.8. The van der Waals surface area contributed by atoms with E-state index in [0.717, 1.165) is 33.1 Å². The predicted octanol–water partition coefficient (Wildman–Crippen LogP) is 10.6. The topological polar surface area (TPSA) is 43.6 Å². The second-order valence-corrected chi connectivity index (χ2v) is 12.4. The lowest BCUT2D eigenvalue weighted by molar-refractivity contribution is 0.975. The molecule has 8 aromatic rings. The van der Waals surface area contributed by atoms with Gasteiger partial charge in [-0.2, -0.15) is 0 Å². The fourth-order valence-electron chi connectivity index (χ4n) is 6.49. The number of hydrogen-bond acceptors (Lipinski definition) is 4. The van der Waals surface area contributed by atoms with E-state index in [1.165, 1.54) is 43.2 Å². The summed E-state index contributed by atoms with van der Waals surface area (Å²) in [5.41, 5.74) is 11.5. The molecule has 9 rings (SSSR count). The Kier molecular flexibility index (Phi) is 6.35. The minimum absolute atomic E-state index is 0.613. The molecule has 0 atom stereocenters. The van der Waals surface area contributed by atoms with Crippen LogP contribution in [-0.4, -0.2) is 19.5 Å². The molecular formula is C41H26N4S. The Morgan fingerprint density at radius 3 is 1.89 bits per heavy atom. The zero-order chi connectivity index (χ0) is 30.5. The predicted molar refractivity (Wildman–Crippen MR) is 190 cm³/mol. The van der Waals surface area contributed by atoms with E-state index in [4.69, 9.17) is 4.98 Å². The van der Waals surface area contributed by atoms with Crippen LogP contribution in [0.4, 0.5) is 0 Å². The zero-order valence-corrected chi connectivity index (χ0v) is 25.5. The van der Waals surface area contributed by atoms with Crippen molar-refractivity contribution in [2.45, 2.75) is 9.79 Å². The van der Waals surface area contributed by atoms with Gasteiger partial charge in [-0.15, -0.1) is 0 Å². The summed E-state index contributed by atoms with van der Waals surface area (Å²) in [6.07, 6.45) is 9.87. The fraction of sp³-hybridized carbons (Fsp3) is 0. The summed E-state index contributed by atoms with van der Waals surface area (Å²) in [5, 5.41) is 2.19. The molecule has 0 radical (unpaired) electrons. The van der Waals surface area contributed by atoms with Crippen molar-refractivity contribution < 1.29 is 0 Å². The Morgan fingerprint density at radius 2 is 1.09 bits per heavy atom. The average Bonchev–Trinajstić information content (AvgIpc) is 3.44. The third kappa shape index (κ3) is 4.44. The van der Waals surface area contributed by atoms with Gasteiger partial charge in [0.2, 0.25) is 5.95 Å². The smallest absolute Gasteiger partial charge is 0.235 e. The number of fused-ring (bicyclic) bond motifs is 9. The second-order valence-electron chi connectivity index (χ2n) is 11.3. The number of hydrogen-bond donors (Lipinski definition) is 0. The number of aromatic nitrogens is 4. The molecule has 0 unspecified atom stereocenters. The van der Waals surface area contributed by atoms with Crippen LogP contribution in [0.15, 0.2) is 156 Å². The van der Waals surface area contributed by atoms with E-state index >= 15 is 0 Å². The van der Waals surface area contributed by atoms with Crippen molar-refractivity contribution in [1.29, 1.82) is 0 Å². The van der Waals surface area contributed by atoms with Gasteiger partial charge >= 0.3 is 0 Å². The Balaban J connectivity index is 1.24. The van der Waals surface area contributed by atoms with Crippen molar-refractivity contribution in [1.82, 2.24) is 19.5 Å². The highest BCUT2D eigenvalue weighted by atomic mass is 32.2. The fourth-order valence-corrected chi connectivity index (χ4v) is 7.60. The van der Waals surface area contributed by atoms with Crippen molar-refractivity contribution in [2.75, 3.05) is 0 Å². The maximum Gasteiger partial charge on any atom is 0.235 e. The highest BCUT2D eigenvalue weighted by Crippen LogP contribution is 2.44. The summed E-state index contributed by atoms with van der Waals surface area (Å²) in [6, 6.07) is 45.5. The molecule has 0 N–H and O–H groups in total. The Labute approximate surface area is 270 Å². The summed E-state index contributed by atoms with van der Waals surface area (Å²) in [7, 11) is 0. The van der Waals surface area contributed by atoms with Crippen LogP contribution in [0, 0.1) is 0 Å². The minimum Gasteiger partial charge on any atom is -0.262 e. The monoisotopic (exact) mass is 606 g/mol. The van der Waals surface area contributed by atoms with E-state index in [-0.39, 0.29) is 0 Å². The summed E-state index contributed by atoms with van der Waals surface area (Å²) < 4.78 is 2.04. The summed E-state index contributed by atoms with van der Waals surface area (Å²) in [6.45, 7) is 0. The third-order valence-electron chi connectivity index (χ3n) is 8.64. The lowest BCUT2D eigenvalue weighted by Gasteiger charge is -2.15. The zero-order valence-electron chi connectivity index (χ0n) is 24.7.